The number of amides is 1. The number of likely N-dealkylation sites (N-methyl/N-ethyl adjacent to an activating group) is 1. The highest BCUT2D eigenvalue weighted by Gasteiger charge is 2.42. The smallest absolute Gasteiger partial charge is 0.220 e. The number of Topliss-reactive ketones (excluding diaryl/α,β-unsaturated/α-hetero) is 1. The van der Waals surface area contributed by atoms with Crippen molar-refractivity contribution in [1.29, 1.82) is 0 Å². The number of nitrogens with one attached hydrogen (secondary N) is 2. The van der Waals surface area contributed by atoms with Crippen LogP contribution in [0, 0.1) is 0 Å². The summed E-state index contributed by atoms with van der Waals surface area (Å²) in [5.74, 6) is 0.248. The van der Waals surface area contributed by atoms with Gasteiger partial charge < -0.3 is 25.0 Å². The molecule has 0 aliphatic carbocycles. The molecule has 0 aromatic rings. The number of carbonyl (C=O) groups is 2. The van der Waals surface area contributed by atoms with Crippen molar-refractivity contribution in [3.8, 4) is 0 Å². The van der Waals surface area contributed by atoms with E-state index < -0.39 is 0 Å². The van der Waals surface area contributed by atoms with Gasteiger partial charge in [-0.1, -0.05) is 6.92 Å². The fraction of sp³-hybridized carbons (Fsp3) is 0.875. The van der Waals surface area contributed by atoms with E-state index in [-0.39, 0.29) is 17.8 Å². The molecule has 1 saturated heterocycles. The SMILES string of the molecule is CCNCC[N+]1(CCNC(=O)CCCCC(C)=O)CC(O)C1. The van der Waals surface area contributed by atoms with Crippen molar-refractivity contribution in [3.05, 3.63) is 0 Å². The molecule has 22 heavy (non-hydrogen) atoms. The topological polar surface area (TPSA) is 78.4 Å². The van der Waals surface area contributed by atoms with Crippen molar-refractivity contribution in [2.45, 2.75) is 45.6 Å². The van der Waals surface area contributed by atoms with Gasteiger partial charge in [0.25, 0.3) is 0 Å². The molecule has 3 N–H and O–H groups in total. The summed E-state index contributed by atoms with van der Waals surface area (Å²) in [6, 6.07) is 0. The lowest BCUT2D eigenvalue weighted by Crippen LogP contribution is -2.69. The minimum atomic E-state index is -0.191. The van der Waals surface area contributed by atoms with Crippen molar-refractivity contribution in [2.75, 3.05) is 45.8 Å². The van der Waals surface area contributed by atoms with Crippen molar-refractivity contribution < 1.29 is 19.2 Å². The molecular formula is C16H32N3O3+. The number of hydrogen-bond acceptors (Lipinski definition) is 4. The third kappa shape index (κ3) is 7.33. The Bertz CT molecular complexity index is 355. The van der Waals surface area contributed by atoms with Crippen molar-refractivity contribution in [1.82, 2.24) is 10.6 Å². The zero-order valence-electron chi connectivity index (χ0n) is 14.1. The lowest BCUT2D eigenvalue weighted by Gasteiger charge is -2.48. The number of unbranched alkanes of at least 4 members (excludes halogenated alkanes) is 1. The third-order valence-corrected chi connectivity index (χ3v) is 4.30. The number of ketones is 1. The minimum Gasteiger partial charge on any atom is -0.382 e. The highest BCUT2D eigenvalue weighted by molar-refractivity contribution is 5.76. The molecule has 1 heterocycles. The zero-order chi connectivity index (χ0) is 16.4. The van der Waals surface area contributed by atoms with Crippen LogP contribution in [-0.2, 0) is 9.59 Å². The molecule has 1 aliphatic heterocycles. The number of rotatable bonds is 12. The quantitative estimate of drug-likeness (QED) is 0.351. The third-order valence-electron chi connectivity index (χ3n) is 4.30. The first-order chi connectivity index (χ1) is 10.5. The van der Waals surface area contributed by atoms with Gasteiger partial charge in [-0.05, 0) is 26.3 Å². The van der Waals surface area contributed by atoms with Crippen LogP contribution in [0.15, 0.2) is 0 Å². The van der Waals surface area contributed by atoms with Crippen LogP contribution in [0.2, 0.25) is 0 Å². The second-order valence-corrected chi connectivity index (χ2v) is 6.42. The summed E-state index contributed by atoms with van der Waals surface area (Å²) in [6.07, 6.45) is 2.43. The van der Waals surface area contributed by atoms with Crippen LogP contribution in [0.1, 0.15) is 39.5 Å². The van der Waals surface area contributed by atoms with Gasteiger partial charge in [0.15, 0.2) is 6.10 Å². The summed E-state index contributed by atoms with van der Waals surface area (Å²) in [5.41, 5.74) is 0. The number of likely N-dealkylation sites (tertiary alicyclic amines) is 1. The van der Waals surface area contributed by atoms with Crippen molar-refractivity contribution >= 4 is 11.7 Å². The van der Waals surface area contributed by atoms with Gasteiger partial charge >= 0.3 is 0 Å². The molecule has 6 heteroatoms. The molecular weight excluding hydrogens is 282 g/mol. The number of carbonyl (C=O) groups excluding carboxylic acids is 2. The molecule has 0 saturated carbocycles. The lowest BCUT2D eigenvalue weighted by molar-refractivity contribution is -0.970. The molecule has 1 amide bonds. The monoisotopic (exact) mass is 314 g/mol. The Morgan fingerprint density at radius 2 is 1.77 bits per heavy atom. The number of quaternary nitrogens is 1. The van der Waals surface area contributed by atoms with E-state index in [1.165, 1.54) is 0 Å². The van der Waals surface area contributed by atoms with Gasteiger partial charge in [-0.3, -0.25) is 4.79 Å². The van der Waals surface area contributed by atoms with Crippen LogP contribution in [0.3, 0.4) is 0 Å². The van der Waals surface area contributed by atoms with Gasteiger partial charge in [0.1, 0.15) is 18.9 Å². The van der Waals surface area contributed by atoms with E-state index in [0.717, 1.165) is 56.6 Å². The van der Waals surface area contributed by atoms with E-state index in [1.807, 2.05) is 0 Å². The van der Waals surface area contributed by atoms with E-state index >= 15 is 0 Å². The molecule has 0 radical (unpaired) electrons. The summed E-state index contributed by atoms with van der Waals surface area (Å²) in [4.78, 5) is 22.6. The van der Waals surface area contributed by atoms with E-state index in [2.05, 4.69) is 17.6 Å². The molecule has 1 aliphatic rings. The Kier molecular flexibility index (Phi) is 8.60. The summed E-state index contributed by atoms with van der Waals surface area (Å²) >= 11 is 0. The number of aliphatic hydroxyl groups is 1. The Morgan fingerprint density at radius 3 is 2.36 bits per heavy atom. The molecule has 1 fully saturated rings. The fourth-order valence-corrected chi connectivity index (χ4v) is 2.99. The van der Waals surface area contributed by atoms with Gasteiger partial charge in [-0.15, -0.1) is 0 Å². The van der Waals surface area contributed by atoms with Gasteiger partial charge in [0.05, 0.1) is 19.6 Å². The lowest BCUT2D eigenvalue weighted by atomic mass is 10.1. The highest BCUT2D eigenvalue weighted by Crippen LogP contribution is 2.19. The van der Waals surface area contributed by atoms with Crippen LogP contribution in [0.4, 0.5) is 0 Å². The molecule has 128 valence electrons. The number of hydrogen-bond donors (Lipinski definition) is 3. The molecule has 0 spiro atoms. The van der Waals surface area contributed by atoms with Crippen LogP contribution in [0.5, 0.6) is 0 Å². The Morgan fingerprint density at radius 1 is 1.14 bits per heavy atom. The molecule has 0 bridgehead atoms. The molecule has 0 aromatic heterocycles. The van der Waals surface area contributed by atoms with Crippen LogP contribution in [-0.4, -0.2) is 73.2 Å². The maximum absolute atomic E-state index is 11.7. The first-order valence-electron chi connectivity index (χ1n) is 8.47. The standard InChI is InChI=1S/C16H31N3O3/c1-3-17-8-10-19(12-15(21)13-19)11-9-18-16(22)7-5-4-6-14(2)20/h15,17,21H,3-13H2,1-2H3/p+1. The van der Waals surface area contributed by atoms with Crippen molar-refractivity contribution in [3.63, 3.8) is 0 Å². The highest BCUT2D eigenvalue weighted by atomic mass is 16.3. The maximum atomic E-state index is 11.7. The Labute approximate surface area is 133 Å². The minimum absolute atomic E-state index is 0.0643. The first kappa shape index (κ1) is 19.1. The number of aliphatic hydroxyl groups excluding tert-OH is 1. The summed E-state index contributed by atoms with van der Waals surface area (Å²) < 4.78 is 0.888. The Hall–Kier alpha value is -0.980. The van der Waals surface area contributed by atoms with Gasteiger partial charge in [-0.2, -0.15) is 0 Å². The average molecular weight is 314 g/mol. The Balaban J connectivity index is 2.14. The zero-order valence-corrected chi connectivity index (χ0v) is 14.1. The van der Waals surface area contributed by atoms with Crippen LogP contribution in [0.25, 0.3) is 0 Å². The fourth-order valence-electron chi connectivity index (χ4n) is 2.99. The van der Waals surface area contributed by atoms with Crippen LogP contribution < -0.4 is 10.6 Å². The molecule has 0 unspecified atom stereocenters. The molecule has 6 nitrogen and oxygen atoms in total. The number of nitrogens with zero attached hydrogens (tertiary/aromatic N) is 1. The van der Waals surface area contributed by atoms with E-state index in [9.17, 15) is 14.7 Å². The normalized spacial score (nSPS) is 23.9. The summed E-state index contributed by atoms with van der Waals surface area (Å²) in [6.45, 7) is 9.69. The average Bonchev–Trinajstić information content (AvgIpc) is 2.42. The maximum Gasteiger partial charge on any atom is 0.220 e. The van der Waals surface area contributed by atoms with Crippen LogP contribution >= 0.6 is 0 Å². The predicted octanol–water partition coefficient (Wildman–Crippen LogP) is 0.0528. The molecule has 1 rings (SSSR count). The molecule has 0 atom stereocenters. The van der Waals surface area contributed by atoms with Gasteiger partial charge in [0.2, 0.25) is 5.91 Å². The van der Waals surface area contributed by atoms with Crippen molar-refractivity contribution in [2.24, 2.45) is 0 Å². The van der Waals surface area contributed by atoms with E-state index in [0.29, 0.717) is 19.4 Å². The second kappa shape index (κ2) is 9.92. The summed E-state index contributed by atoms with van der Waals surface area (Å²) in [7, 11) is 0. The van der Waals surface area contributed by atoms with E-state index in [1.54, 1.807) is 6.92 Å². The van der Waals surface area contributed by atoms with Gasteiger partial charge in [-0.25, -0.2) is 0 Å². The first-order valence-corrected chi connectivity index (χ1v) is 8.47. The second-order valence-electron chi connectivity index (χ2n) is 6.42. The predicted molar refractivity (Wildman–Crippen MR) is 86.4 cm³/mol. The molecule has 0 aromatic carbocycles. The van der Waals surface area contributed by atoms with Gasteiger partial charge in [0, 0.05) is 19.4 Å². The van der Waals surface area contributed by atoms with E-state index in [4.69, 9.17) is 0 Å². The largest absolute Gasteiger partial charge is 0.382 e. The summed E-state index contributed by atoms with van der Waals surface area (Å²) in [5, 5.41) is 15.9.